The van der Waals surface area contributed by atoms with Gasteiger partial charge in [-0.25, -0.2) is 0 Å². The molecule has 1 unspecified atom stereocenters. The molecule has 3 aromatic rings. The van der Waals surface area contributed by atoms with Gasteiger partial charge in [0.25, 0.3) is 5.91 Å². The molecule has 3 aromatic carbocycles. The zero-order valence-corrected chi connectivity index (χ0v) is 16.2. The van der Waals surface area contributed by atoms with Gasteiger partial charge in [0, 0.05) is 17.7 Å². The van der Waals surface area contributed by atoms with E-state index in [2.05, 4.69) is 23.5 Å². The van der Waals surface area contributed by atoms with Crippen molar-refractivity contribution in [2.24, 2.45) is 0 Å². The van der Waals surface area contributed by atoms with Crippen LogP contribution in [0, 0.1) is 0 Å². The number of benzene rings is 3. The highest BCUT2D eigenvalue weighted by Gasteiger charge is 2.24. The standard InChI is InChI=1S/C23H24N2O3/c1-27-21-12-18-9-10-25(14-19(18)13-22(21)28-2)15-23(26)24-20-8-7-16-5-3-4-6-17(16)11-20/h3-8,11-13H,9-10,14-15H2,1-2H3,(H,24,26)/p+1. The monoisotopic (exact) mass is 377 g/mol. The van der Waals surface area contributed by atoms with Crippen molar-refractivity contribution in [2.45, 2.75) is 13.0 Å². The summed E-state index contributed by atoms with van der Waals surface area (Å²) in [6.45, 7) is 2.18. The third kappa shape index (κ3) is 3.80. The molecule has 1 amide bonds. The predicted octanol–water partition coefficient (Wildman–Crippen LogP) is 2.44. The van der Waals surface area contributed by atoms with Crippen LogP contribution in [0.3, 0.4) is 0 Å². The van der Waals surface area contributed by atoms with Crippen LogP contribution in [0.4, 0.5) is 5.69 Å². The molecule has 2 N–H and O–H groups in total. The second kappa shape index (κ2) is 7.90. The van der Waals surface area contributed by atoms with Crippen LogP contribution in [-0.4, -0.2) is 33.2 Å². The molecule has 0 saturated carbocycles. The number of fused-ring (bicyclic) bond motifs is 2. The summed E-state index contributed by atoms with van der Waals surface area (Å²) in [5, 5.41) is 5.34. The molecule has 1 atom stereocenters. The van der Waals surface area contributed by atoms with Gasteiger partial charge in [-0.1, -0.05) is 30.3 Å². The summed E-state index contributed by atoms with van der Waals surface area (Å²) in [5.74, 6) is 1.54. The summed E-state index contributed by atoms with van der Waals surface area (Å²) in [5.41, 5.74) is 3.33. The number of rotatable bonds is 5. The van der Waals surface area contributed by atoms with Crippen molar-refractivity contribution in [3.8, 4) is 11.5 Å². The van der Waals surface area contributed by atoms with E-state index in [4.69, 9.17) is 9.47 Å². The Hall–Kier alpha value is -3.05. The molecule has 144 valence electrons. The van der Waals surface area contributed by atoms with E-state index < -0.39 is 0 Å². The molecule has 0 fully saturated rings. The van der Waals surface area contributed by atoms with E-state index in [1.54, 1.807) is 14.2 Å². The van der Waals surface area contributed by atoms with E-state index in [9.17, 15) is 4.79 Å². The van der Waals surface area contributed by atoms with E-state index in [1.165, 1.54) is 21.4 Å². The predicted molar refractivity (Wildman–Crippen MR) is 110 cm³/mol. The molecule has 5 heteroatoms. The fourth-order valence-corrected chi connectivity index (χ4v) is 3.88. The number of ether oxygens (including phenoxy) is 2. The number of hydrogen-bond acceptors (Lipinski definition) is 3. The Morgan fingerprint density at radius 1 is 0.964 bits per heavy atom. The third-order valence-corrected chi connectivity index (χ3v) is 5.34. The van der Waals surface area contributed by atoms with Crippen LogP contribution in [-0.2, 0) is 17.8 Å². The number of carbonyl (C=O) groups excluding carboxylic acids is 1. The van der Waals surface area contributed by atoms with Gasteiger partial charge in [0.2, 0.25) is 0 Å². The summed E-state index contributed by atoms with van der Waals surface area (Å²) in [6.07, 6.45) is 0.925. The molecule has 0 aromatic heterocycles. The maximum atomic E-state index is 12.6. The third-order valence-electron chi connectivity index (χ3n) is 5.34. The van der Waals surface area contributed by atoms with Gasteiger partial charge in [-0.15, -0.1) is 0 Å². The van der Waals surface area contributed by atoms with Crippen LogP contribution in [0.25, 0.3) is 10.8 Å². The normalized spacial score (nSPS) is 15.7. The van der Waals surface area contributed by atoms with Gasteiger partial charge in [0.05, 0.1) is 20.8 Å². The van der Waals surface area contributed by atoms with Crippen molar-refractivity contribution < 1.29 is 19.2 Å². The summed E-state index contributed by atoms with van der Waals surface area (Å²) in [7, 11) is 3.30. The highest BCUT2D eigenvalue weighted by Crippen LogP contribution is 2.31. The van der Waals surface area contributed by atoms with Crippen LogP contribution < -0.4 is 19.7 Å². The van der Waals surface area contributed by atoms with E-state index in [1.807, 2.05) is 36.4 Å². The molecule has 28 heavy (non-hydrogen) atoms. The zero-order chi connectivity index (χ0) is 19.5. The zero-order valence-electron chi connectivity index (χ0n) is 16.2. The largest absolute Gasteiger partial charge is 0.493 e. The Balaban J connectivity index is 1.42. The highest BCUT2D eigenvalue weighted by atomic mass is 16.5. The quantitative estimate of drug-likeness (QED) is 0.718. The number of methoxy groups -OCH3 is 2. The molecule has 0 aliphatic carbocycles. The maximum Gasteiger partial charge on any atom is 0.279 e. The topological polar surface area (TPSA) is 52.0 Å². The minimum absolute atomic E-state index is 0.0363. The molecule has 0 radical (unpaired) electrons. The Morgan fingerprint density at radius 2 is 1.68 bits per heavy atom. The lowest BCUT2D eigenvalue weighted by Gasteiger charge is -2.26. The molecule has 1 aliphatic heterocycles. The fraction of sp³-hybridized carbons (Fsp3) is 0.261. The first-order chi connectivity index (χ1) is 13.7. The molecule has 1 heterocycles. The molecule has 1 aliphatic rings. The molecule has 0 saturated heterocycles. The number of carbonyl (C=O) groups is 1. The lowest BCUT2D eigenvalue weighted by atomic mass is 9.99. The summed E-state index contributed by atoms with van der Waals surface area (Å²) < 4.78 is 10.8. The minimum Gasteiger partial charge on any atom is -0.493 e. The van der Waals surface area contributed by atoms with E-state index >= 15 is 0 Å². The first-order valence-electron chi connectivity index (χ1n) is 9.52. The van der Waals surface area contributed by atoms with Crippen molar-refractivity contribution in [1.82, 2.24) is 0 Å². The second-order valence-electron chi connectivity index (χ2n) is 7.19. The van der Waals surface area contributed by atoms with Crippen molar-refractivity contribution in [3.05, 3.63) is 65.7 Å². The molecule has 0 bridgehead atoms. The Bertz CT molecular complexity index is 1020. The lowest BCUT2D eigenvalue weighted by Crippen LogP contribution is -3.12. The summed E-state index contributed by atoms with van der Waals surface area (Å²) >= 11 is 0. The smallest absolute Gasteiger partial charge is 0.279 e. The van der Waals surface area contributed by atoms with Gasteiger partial charge in [-0.05, 0) is 40.6 Å². The average molecular weight is 377 g/mol. The van der Waals surface area contributed by atoms with Crippen molar-refractivity contribution in [2.75, 3.05) is 32.6 Å². The molecule has 0 spiro atoms. The SMILES string of the molecule is COc1cc2c(cc1OC)C[NH+](CC(=O)Nc1ccc3ccccc3c1)CC2. The number of quaternary nitrogens is 1. The second-order valence-corrected chi connectivity index (χ2v) is 7.19. The molecular weight excluding hydrogens is 352 g/mol. The van der Waals surface area contributed by atoms with Crippen LogP contribution in [0.1, 0.15) is 11.1 Å². The van der Waals surface area contributed by atoms with Gasteiger partial charge in [-0.3, -0.25) is 4.79 Å². The van der Waals surface area contributed by atoms with Gasteiger partial charge < -0.3 is 19.7 Å². The van der Waals surface area contributed by atoms with Gasteiger partial charge >= 0.3 is 0 Å². The van der Waals surface area contributed by atoms with E-state index in [0.29, 0.717) is 6.54 Å². The van der Waals surface area contributed by atoms with Crippen molar-refractivity contribution >= 4 is 22.4 Å². The number of anilines is 1. The number of amides is 1. The first-order valence-corrected chi connectivity index (χ1v) is 9.52. The van der Waals surface area contributed by atoms with E-state index in [0.717, 1.165) is 42.1 Å². The Morgan fingerprint density at radius 3 is 2.43 bits per heavy atom. The number of nitrogens with one attached hydrogen (secondary N) is 2. The van der Waals surface area contributed by atoms with Gasteiger partial charge in [0.15, 0.2) is 18.0 Å². The average Bonchev–Trinajstić information content (AvgIpc) is 2.72. The molecule has 4 rings (SSSR count). The Kier molecular flexibility index (Phi) is 5.17. The fourth-order valence-electron chi connectivity index (χ4n) is 3.88. The first kappa shape index (κ1) is 18.3. The highest BCUT2D eigenvalue weighted by molar-refractivity contribution is 5.94. The summed E-state index contributed by atoms with van der Waals surface area (Å²) in [4.78, 5) is 13.8. The molecule has 5 nitrogen and oxygen atoms in total. The van der Waals surface area contributed by atoms with Crippen LogP contribution >= 0.6 is 0 Å². The Labute approximate surface area is 164 Å². The van der Waals surface area contributed by atoms with Crippen LogP contribution in [0.15, 0.2) is 54.6 Å². The van der Waals surface area contributed by atoms with E-state index in [-0.39, 0.29) is 5.91 Å². The lowest BCUT2D eigenvalue weighted by molar-refractivity contribution is -0.907. The van der Waals surface area contributed by atoms with Crippen LogP contribution in [0.5, 0.6) is 11.5 Å². The van der Waals surface area contributed by atoms with Crippen molar-refractivity contribution in [1.29, 1.82) is 0 Å². The molecular formula is C23H25N2O3+. The minimum atomic E-state index is 0.0363. The van der Waals surface area contributed by atoms with Gasteiger partial charge in [0.1, 0.15) is 6.54 Å². The maximum absolute atomic E-state index is 12.6. The summed E-state index contributed by atoms with van der Waals surface area (Å²) in [6, 6.07) is 18.3. The van der Waals surface area contributed by atoms with Gasteiger partial charge in [-0.2, -0.15) is 0 Å². The van der Waals surface area contributed by atoms with Crippen molar-refractivity contribution in [3.63, 3.8) is 0 Å². The van der Waals surface area contributed by atoms with Crippen LogP contribution in [0.2, 0.25) is 0 Å². The number of hydrogen-bond donors (Lipinski definition) is 2.